The van der Waals surface area contributed by atoms with Gasteiger partial charge in [0.15, 0.2) is 0 Å². The molecule has 0 fully saturated rings. The highest BCUT2D eigenvalue weighted by Crippen LogP contribution is 2.46. The fraction of sp³-hybridized carbons (Fsp3) is 0. The van der Waals surface area contributed by atoms with Crippen LogP contribution < -0.4 is 0 Å². The van der Waals surface area contributed by atoms with Crippen LogP contribution in [-0.4, -0.2) is 14.1 Å². The van der Waals surface area contributed by atoms with Crippen molar-refractivity contribution < 1.29 is 0 Å². The second kappa shape index (κ2) is 11.0. The highest BCUT2D eigenvalue weighted by Gasteiger charge is 2.21. The Balaban J connectivity index is 1.25. The van der Waals surface area contributed by atoms with E-state index in [2.05, 4.69) is 179 Å². The lowest BCUT2D eigenvalue weighted by molar-refractivity contribution is 1.16. The molecule has 0 atom stereocenters. The molecule has 4 heteroatoms. The molecule has 0 unspecified atom stereocenters. The number of pyridine rings is 1. The summed E-state index contributed by atoms with van der Waals surface area (Å²) in [6, 6.07) is 63.4. The van der Waals surface area contributed by atoms with Gasteiger partial charge in [0.05, 0.1) is 33.5 Å². The molecular formula is C47H29N3S. The molecule has 4 heterocycles. The maximum Gasteiger partial charge on any atom is 0.0710 e. The first-order chi connectivity index (χ1) is 25.3. The summed E-state index contributed by atoms with van der Waals surface area (Å²) in [5.74, 6) is 0. The van der Waals surface area contributed by atoms with E-state index in [1.54, 1.807) is 0 Å². The lowest BCUT2D eigenvalue weighted by atomic mass is 10.0. The number of benzene rings is 7. The standard InChI is InChI=1S/C47H29N3S/c1-4-13-30(14-5-1)39-20-12-21-40(48-39)31-23-24-34-37-28-38-44(29-43(37)50(42(34)27-31)33-17-8-3-9-18-33)49(32-15-6-2-7-16-32)41-26-25-36-35-19-10-11-22-45(35)51-47(36)46(38)41/h1-29H. The van der Waals surface area contributed by atoms with Gasteiger partial charge in [-0.05, 0) is 66.7 Å². The lowest BCUT2D eigenvalue weighted by Gasteiger charge is -2.10. The number of hydrogen-bond donors (Lipinski definition) is 0. The minimum absolute atomic E-state index is 0.960. The van der Waals surface area contributed by atoms with Gasteiger partial charge in [0.2, 0.25) is 0 Å². The molecule has 238 valence electrons. The highest BCUT2D eigenvalue weighted by atomic mass is 32.1. The van der Waals surface area contributed by atoms with E-state index in [9.17, 15) is 0 Å². The molecule has 51 heavy (non-hydrogen) atoms. The smallest absolute Gasteiger partial charge is 0.0710 e. The van der Waals surface area contributed by atoms with Gasteiger partial charge in [-0.15, -0.1) is 11.3 Å². The number of fused-ring (bicyclic) bond motifs is 10. The predicted molar refractivity (Wildman–Crippen MR) is 217 cm³/mol. The summed E-state index contributed by atoms with van der Waals surface area (Å²) in [7, 11) is 0. The molecule has 0 saturated heterocycles. The molecule has 4 aromatic heterocycles. The minimum Gasteiger partial charge on any atom is -0.309 e. The molecular weight excluding hydrogens is 639 g/mol. The van der Waals surface area contributed by atoms with E-state index in [-0.39, 0.29) is 0 Å². The summed E-state index contributed by atoms with van der Waals surface area (Å²) in [6.07, 6.45) is 0. The van der Waals surface area contributed by atoms with Gasteiger partial charge in [0.1, 0.15) is 0 Å². The molecule has 0 saturated carbocycles. The van der Waals surface area contributed by atoms with E-state index < -0.39 is 0 Å². The van der Waals surface area contributed by atoms with Gasteiger partial charge >= 0.3 is 0 Å². The molecule has 11 aromatic rings. The molecule has 0 bridgehead atoms. The van der Waals surface area contributed by atoms with Gasteiger partial charge in [-0.25, -0.2) is 4.98 Å². The number of para-hydroxylation sites is 2. The second-order valence-corrected chi connectivity index (χ2v) is 14.2. The number of thiophene rings is 1. The quantitative estimate of drug-likeness (QED) is 0.183. The third kappa shape index (κ3) is 4.27. The van der Waals surface area contributed by atoms with Crippen LogP contribution in [0.15, 0.2) is 176 Å². The number of hydrogen-bond acceptors (Lipinski definition) is 2. The average molecular weight is 668 g/mol. The zero-order chi connectivity index (χ0) is 33.5. The number of aromatic nitrogens is 3. The van der Waals surface area contributed by atoms with Crippen LogP contribution in [0.2, 0.25) is 0 Å². The van der Waals surface area contributed by atoms with Crippen LogP contribution in [0.1, 0.15) is 0 Å². The Kier molecular flexibility index (Phi) is 6.12. The van der Waals surface area contributed by atoms with Crippen LogP contribution >= 0.6 is 11.3 Å². The van der Waals surface area contributed by atoms with Gasteiger partial charge in [-0.3, -0.25) is 0 Å². The minimum atomic E-state index is 0.960. The molecule has 7 aromatic carbocycles. The fourth-order valence-corrected chi connectivity index (χ4v) is 9.29. The van der Waals surface area contributed by atoms with Gasteiger partial charge in [-0.1, -0.05) is 109 Å². The van der Waals surface area contributed by atoms with Gasteiger partial charge in [-0.2, -0.15) is 0 Å². The zero-order valence-electron chi connectivity index (χ0n) is 27.5. The van der Waals surface area contributed by atoms with E-state index >= 15 is 0 Å². The predicted octanol–water partition coefficient (Wildman–Crippen LogP) is 13.0. The van der Waals surface area contributed by atoms with E-state index in [4.69, 9.17) is 4.98 Å². The molecule has 0 aliphatic heterocycles. The zero-order valence-corrected chi connectivity index (χ0v) is 28.3. The summed E-state index contributed by atoms with van der Waals surface area (Å²) in [5.41, 5.74) is 11.2. The van der Waals surface area contributed by atoms with Crippen molar-refractivity contribution in [3.05, 3.63) is 176 Å². The maximum atomic E-state index is 5.13. The van der Waals surface area contributed by atoms with E-state index in [0.717, 1.165) is 39.4 Å². The van der Waals surface area contributed by atoms with Gasteiger partial charge < -0.3 is 9.13 Å². The monoisotopic (exact) mass is 667 g/mol. The largest absolute Gasteiger partial charge is 0.309 e. The number of rotatable bonds is 4. The van der Waals surface area contributed by atoms with Crippen molar-refractivity contribution in [2.24, 2.45) is 0 Å². The lowest BCUT2D eigenvalue weighted by Crippen LogP contribution is -1.96. The summed E-state index contributed by atoms with van der Waals surface area (Å²) < 4.78 is 7.54. The first kappa shape index (κ1) is 28.4. The summed E-state index contributed by atoms with van der Waals surface area (Å²) in [5, 5.41) is 7.68. The van der Waals surface area contributed by atoms with Crippen molar-refractivity contribution in [1.29, 1.82) is 0 Å². The topological polar surface area (TPSA) is 22.8 Å². The Labute approximate surface area is 297 Å². The van der Waals surface area contributed by atoms with Crippen LogP contribution in [-0.2, 0) is 0 Å². The van der Waals surface area contributed by atoms with Crippen molar-refractivity contribution in [2.45, 2.75) is 0 Å². The van der Waals surface area contributed by atoms with Crippen molar-refractivity contribution >= 4 is 75.1 Å². The van der Waals surface area contributed by atoms with Crippen LogP contribution in [0.5, 0.6) is 0 Å². The Morgan fingerprint density at radius 3 is 1.75 bits per heavy atom. The summed E-state index contributed by atoms with van der Waals surface area (Å²) >= 11 is 1.90. The van der Waals surface area contributed by atoms with Crippen LogP contribution in [0.3, 0.4) is 0 Å². The Hall–Kier alpha value is -6.49. The van der Waals surface area contributed by atoms with Crippen LogP contribution in [0.4, 0.5) is 0 Å². The Morgan fingerprint density at radius 2 is 0.980 bits per heavy atom. The first-order valence-corrected chi connectivity index (χ1v) is 18.1. The van der Waals surface area contributed by atoms with Crippen molar-refractivity contribution in [2.75, 3.05) is 0 Å². The second-order valence-electron chi connectivity index (χ2n) is 13.2. The normalized spacial score (nSPS) is 11.9. The fourth-order valence-electron chi connectivity index (χ4n) is 8.03. The molecule has 11 rings (SSSR count). The maximum absolute atomic E-state index is 5.13. The number of nitrogens with zero attached hydrogens (tertiary/aromatic N) is 3. The highest BCUT2D eigenvalue weighted by molar-refractivity contribution is 7.26. The molecule has 0 radical (unpaired) electrons. The average Bonchev–Trinajstić information content (AvgIpc) is 3.85. The van der Waals surface area contributed by atoms with Crippen LogP contribution in [0, 0.1) is 0 Å². The van der Waals surface area contributed by atoms with E-state index in [0.29, 0.717) is 0 Å². The molecule has 0 amide bonds. The van der Waals surface area contributed by atoms with Gasteiger partial charge in [0.25, 0.3) is 0 Å². The molecule has 0 aliphatic rings. The van der Waals surface area contributed by atoms with E-state index in [1.165, 1.54) is 58.3 Å². The van der Waals surface area contributed by atoms with Crippen molar-refractivity contribution in [3.8, 4) is 33.9 Å². The molecule has 0 N–H and O–H groups in total. The third-order valence-electron chi connectivity index (χ3n) is 10.3. The van der Waals surface area contributed by atoms with Crippen LogP contribution in [0.25, 0.3) is 97.7 Å². The van der Waals surface area contributed by atoms with E-state index in [1.807, 2.05) is 17.4 Å². The molecule has 3 nitrogen and oxygen atoms in total. The first-order valence-electron chi connectivity index (χ1n) is 17.3. The molecule has 0 spiro atoms. The summed E-state index contributed by atoms with van der Waals surface area (Å²) in [6.45, 7) is 0. The Bertz CT molecular complexity index is 3120. The SMILES string of the molecule is c1ccc(-c2cccc(-c3ccc4c5cc6c7c8sc9ccccc9c8ccc7n(-c7ccccc7)c6cc5n(-c5ccccc5)c4c3)n2)cc1. The van der Waals surface area contributed by atoms with Crippen molar-refractivity contribution in [3.63, 3.8) is 0 Å². The summed E-state index contributed by atoms with van der Waals surface area (Å²) in [4.78, 5) is 5.13. The van der Waals surface area contributed by atoms with Gasteiger partial charge in [0, 0.05) is 64.2 Å². The molecule has 0 aliphatic carbocycles. The third-order valence-corrected chi connectivity index (χ3v) is 11.5. The Morgan fingerprint density at radius 1 is 0.373 bits per heavy atom. The van der Waals surface area contributed by atoms with Crippen molar-refractivity contribution in [1.82, 2.24) is 14.1 Å².